The van der Waals surface area contributed by atoms with Crippen molar-refractivity contribution < 1.29 is 4.42 Å². The molecule has 0 saturated carbocycles. The van der Waals surface area contributed by atoms with Crippen molar-refractivity contribution in [2.75, 3.05) is 10.3 Å². The molecule has 57 heavy (non-hydrogen) atoms. The molecule has 1 heterocycles. The van der Waals surface area contributed by atoms with Crippen LogP contribution in [-0.4, -0.2) is 11.4 Å². The molecule has 0 spiro atoms. The molecular weight excluding hydrogens is 697 g/mol. The molecule has 0 amide bonds. The van der Waals surface area contributed by atoms with Crippen molar-refractivity contribution in [2.24, 2.45) is 5.10 Å². The maximum Gasteiger partial charge on any atom is 0.137 e. The molecule has 0 atom stereocenters. The SMILES string of the molecule is N=C1C=Cc2ccc3ccc(-c4ccc(N(c5ccc6ccccc6c5)c5ccc6c(c5)oc5ccccc56)c5ccccc45)cc3c2/C1=N/Nc1ccccc1. The summed E-state index contributed by atoms with van der Waals surface area (Å²) in [5.41, 5.74) is 14.1. The minimum absolute atomic E-state index is 0.369. The molecule has 10 aromatic rings. The van der Waals surface area contributed by atoms with Crippen LogP contribution in [0.15, 0.2) is 198 Å². The van der Waals surface area contributed by atoms with Gasteiger partial charge in [-0.1, -0.05) is 127 Å². The third-order valence-corrected chi connectivity index (χ3v) is 11.1. The zero-order valence-electron chi connectivity index (χ0n) is 30.8. The van der Waals surface area contributed by atoms with Gasteiger partial charge in [-0.2, -0.15) is 5.10 Å². The van der Waals surface area contributed by atoms with Crippen LogP contribution >= 0.6 is 0 Å². The van der Waals surface area contributed by atoms with Crippen LogP contribution in [-0.2, 0) is 0 Å². The lowest BCUT2D eigenvalue weighted by molar-refractivity contribution is 0.669. The highest BCUT2D eigenvalue weighted by molar-refractivity contribution is 6.55. The smallest absolute Gasteiger partial charge is 0.137 e. The van der Waals surface area contributed by atoms with E-state index in [4.69, 9.17) is 14.9 Å². The molecule has 268 valence electrons. The Labute approximate surface area is 328 Å². The predicted molar refractivity (Wildman–Crippen MR) is 240 cm³/mol. The summed E-state index contributed by atoms with van der Waals surface area (Å²) in [5, 5.41) is 22.7. The van der Waals surface area contributed by atoms with Crippen LogP contribution in [0.2, 0.25) is 0 Å². The molecule has 1 aliphatic carbocycles. The van der Waals surface area contributed by atoms with Crippen molar-refractivity contribution in [1.82, 2.24) is 0 Å². The lowest BCUT2D eigenvalue weighted by Gasteiger charge is -2.28. The zero-order chi connectivity index (χ0) is 37.9. The zero-order valence-corrected chi connectivity index (χ0v) is 30.8. The quantitative estimate of drug-likeness (QED) is 0.167. The second kappa shape index (κ2) is 13.2. The van der Waals surface area contributed by atoms with Crippen LogP contribution in [0.3, 0.4) is 0 Å². The maximum absolute atomic E-state index is 8.90. The van der Waals surface area contributed by atoms with Crippen molar-refractivity contribution >= 4 is 94.5 Å². The first-order chi connectivity index (χ1) is 28.2. The molecule has 0 fully saturated rings. The minimum Gasteiger partial charge on any atom is -0.456 e. The third-order valence-electron chi connectivity index (χ3n) is 11.1. The number of fused-ring (bicyclic) bond motifs is 8. The Morgan fingerprint density at radius 3 is 2.09 bits per heavy atom. The van der Waals surface area contributed by atoms with E-state index in [-0.39, 0.29) is 0 Å². The van der Waals surface area contributed by atoms with Gasteiger partial charge in [-0.05, 0) is 104 Å². The van der Waals surface area contributed by atoms with Crippen LogP contribution in [0.5, 0.6) is 0 Å². The summed E-state index contributed by atoms with van der Waals surface area (Å²) in [5.74, 6) is 0. The largest absolute Gasteiger partial charge is 0.456 e. The molecule has 0 aliphatic heterocycles. The van der Waals surface area contributed by atoms with Gasteiger partial charge < -0.3 is 9.32 Å². The number of anilines is 4. The standard InChI is InChI=1S/C52H34N4O/c53-47-28-23-35-20-18-34-19-21-37(31-46(34)51(35)52(47)55-54-38-12-2-1-3-13-38)41-27-29-48(43-15-7-6-14-42(41)43)56(39-24-22-33-10-4-5-11-36(33)30-39)40-25-26-45-44-16-8-9-17-49(44)57-50(45)32-40/h1-32,53-54H/b53-47?,55-52+. The molecule has 5 nitrogen and oxygen atoms in total. The molecule has 5 heteroatoms. The summed E-state index contributed by atoms with van der Waals surface area (Å²) in [6, 6.07) is 63.9. The Kier molecular flexibility index (Phi) is 7.57. The summed E-state index contributed by atoms with van der Waals surface area (Å²) < 4.78 is 6.42. The van der Waals surface area contributed by atoms with E-state index in [1.807, 2.05) is 54.6 Å². The normalized spacial score (nSPS) is 13.3. The number of allylic oxidation sites excluding steroid dienone is 1. The van der Waals surface area contributed by atoms with Gasteiger partial charge in [0.05, 0.1) is 17.1 Å². The van der Waals surface area contributed by atoms with Crippen LogP contribution in [0, 0.1) is 5.41 Å². The second-order valence-corrected chi connectivity index (χ2v) is 14.5. The summed E-state index contributed by atoms with van der Waals surface area (Å²) >= 11 is 0. The van der Waals surface area contributed by atoms with Gasteiger partial charge in [-0.15, -0.1) is 0 Å². The van der Waals surface area contributed by atoms with E-state index in [9.17, 15) is 0 Å². The van der Waals surface area contributed by atoms with Crippen molar-refractivity contribution in [1.29, 1.82) is 5.41 Å². The highest BCUT2D eigenvalue weighted by Gasteiger charge is 2.22. The summed E-state index contributed by atoms with van der Waals surface area (Å²) in [6.07, 6.45) is 3.84. The maximum atomic E-state index is 8.90. The lowest BCUT2D eigenvalue weighted by atomic mass is 9.87. The average Bonchev–Trinajstić information content (AvgIpc) is 3.64. The van der Waals surface area contributed by atoms with Gasteiger partial charge in [-0.3, -0.25) is 10.8 Å². The van der Waals surface area contributed by atoms with Crippen LogP contribution < -0.4 is 10.3 Å². The highest BCUT2D eigenvalue weighted by Crippen LogP contribution is 2.44. The molecule has 0 unspecified atom stereocenters. The molecule has 0 radical (unpaired) electrons. The number of rotatable bonds is 6. The van der Waals surface area contributed by atoms with E-state index in [0.717, 1.165) is 88.5 Å². The highest BCUT2D eigenvalue weighted by atomic mass is 16.3. The summed E-state index contributed by atoms with van der Waals surface area (Å²) in [6.45, 7) is 0. The minimum atomic E-state index is 0.369. The Hall–Kier alpha value is -7.76. The second-order valence-electron chi connectivity index (χ2n) is 14.5. The van der Waals surface area contributed by atoms with Gasteiger partial charge in [-0.25, -0.2) is 0 Å². The monoisotopic (exact) mass is 730 g/mol. The fraction of sp³-hybridized carbons (Fsp3) is 0. The molecule has 1 aliphatic rings. The number of furan rings is 1. The number of hydrogen-bond donors (Lipinski definition) is 2. The molecule has 1 aromatic heterocycles. The number of para-hydroxylation sites is 2. The summed E-state index contributed by atoms with van der Waals surface area (Å²) in [4.78, 5) is 2.35. The van der Waals surface area contributed by atoms with Crippen molar-refractivity contribution in [3.8, 4) is 11.1 Å². The Bertz CT molecular complexity index is 3300. The first-order valence-corrected chi connectivity index (χ1v) is 19.1. The molecule has 2 N–H and O–H groups in total. The number of benzene rings is 9. The van der Waals surface area contributed by atoms with E-state index < -0.39 is 0 Å². The molecule has 9 aromatic carbocycles. The van der Waals surface area contributed by atoms with Gasteiger partial charge in [0.15, 0.2) is 0 Å². The first kappa shape index (κ1) is 32.7. The number of hydrogen-bond acceptors (Lipinski definition) is 5. The van der Waals surface area contributed by atoms with Crippen molar-refractivity contribution in [3.05, 3.63) is 199 Å². The van der Waals surface area contributed by atoms with Crippen LogP contribution in [0.4, 0.5) is 22.7 Å². The Morgan fingerprint density at radius 1 is 0.491 bits per heavy atom. The van der Waals surface area contributed by atoms with Crippen LogP contribution in [0.1, 0.15) is 11.1 Å². The van der Waals surface area contributed by atoms with E-state index in [0.29, 0.717) is 11.4 Å². The molecular formula is C52H34N4O. The number of nitrogens with zero attached hydrogens (tertiary/aromatic N) is 2. The first-order valence-electron chi connectivity index (χ1n) is 19.1. The van der Waals surface area contributed by atoms with Crippen molar-refractivity contribution in [3.63, 3.8) is 0 Å². The number of hydrazone groups is 1. The van der Waals surface area contributed by atoms with Gasteiger partial charge in [0.25, 0.3) is 0 Å². The average molecular weight is 731 g/mol. The molecule has 11 rings (SSSR count). The Balaban J connectivity index is 1.09. The fourth-order valence-corrected chi connectivity index (χ4v) is 8.37. The predicted octanol–water partition coefficient (Wildman–Crippen LogP) is 14.0. The van der Waals surface area contributed by atoms with E-state index in [1.165, 1.54) is 10.8 Å². The summed E-state index contributed by atoms with van der Waals surface area (Å²) in [7, 11) is 0. The van der Waals surface area contributed by atoms with E-state index in [1.54, 1.807) is 0 Å². The van der Waals surface area contributed by atoms with E-state index >= 15 is 0 Å². The van der Waals surface area contributed by atoms with Crippen molar-refractivity contribution in [2.45, 2.75) is 0 Å². The third kappa shape index (κ3) is 5.56. The lowest BCUT2D eigenvalue weighted by Crippen LogP contribution is -2.19. The van der Waals surface area contributed by atoms with Gasteiger partial charge in [0, 0.05) is 39.2 Å². The van der Waals surface area contributed by atoms with Gasteiger partial charge in [0.2, 0.25) is 0 Å². The van der Waals surface area contributed by atoms with E-state index in [2.05, 4.69) is 150 Å². The van der Waals surface area contributed by atoms with Gasteiger partial charge >= 0.3 is 0 Å². The Morgan fingerprint density at radius 2 is 1.19 bits per heavy atom. The van der Waals surface area contributed by atoms with Crippen LogP contribution in [0.25, 0.3) is 71.5 Å². The molecule has 0 saturated heterocycles. The number of nitrogens with one attached hydrogen (secondary N) is 2. The topological polar surface area (TPSA) is 64.6 Å². The van der Waals surface area contributed by atoms with Gasteiger partial charge in [0.1, 0.15) is 16.9 Å². The fourth-order valence-electron chi connectivity index (χ4n) is 8.37. The molecule has 0 bridgehead atoms.